The van der Waals surface area contributed by atoms with Crippen LogP contribution in [0.3, 0.4) is 0 Å². The number of hydrogen-bond acceptors (Lipinski definition) is 7. The van der Waals surface area contributed by atoms with Crippen LogP contribution in [0.15, 0.2) is 12.2 Å². The molecule has 0 aromatic rings. The average Bonchev–Trinajstić information content (AvgIpc) is 3.12. The van der Waals surface area contributed by atoms with Crippen molar-refractivity contribution >= 4 is 40.4 Å². The van der Waals surface area contributed by atoms with Crippen molar-refractivity contribution in [3.63, 3.8) is 0 Å². The summed E-state index contributed by atoms with van der Waals surface area (Å²) in [6.45, 7) is 0.321. The van der Waals surface area contributed by atoms with Crippen molar-refractivity contribution < 1.29 is 33.0 Å². The Bertz CT molecular complexity index is 655. The summed E-state index contributed by atoms with van der Waals surface area (Å²) in [5.41, 5.74) is 0. The van der Waals surface area contributed by atoms with E-state index in [0.29, 0.717) is 48.8 Å². The second kappa shape index (κ2) is 10.1. The van der Waals surface area contributed by atoms with E-state index in [0.717, 1.165) is 4.90 Å². The Labute approximate surface area is 159 Å². The summed E-state index contributed by atoms with van der Waals surface area (Å²) < 4.78 is 11.9. The van der Waals surface area contributed by atoms with Gasteiger partial charge in [0, 0.05) is 60.3 Å². The molecule has 4 amide bonds. The van der Waals surface area contributed by atoms with E-state index in [4.69, 9.17) is 4.84 Å². The lowest BCUT2D eigenvalue weighted by Gasteiger charge is -2.13. The van der Waals surface area contributed by atoms with Gasteiger partial charge in [-0.25, -0.2) is 4.79 Å². The maximum absolute atomic E-state index is 11.9. The first-order valence-electron chi connectivity index (χ1n) is 8.83. The molecule has 9 nitrogen and oxygen atoms in total. The fraction of sp³-hybridized carbons (Fsp3) is 0.588. The number of carbonyl (C=O) groups excluding carboxylic acids is 5. The van der Waals surface area contributed by atoms with Gasteiger partial charge < -0.3 is 4.84 Å². The fourth-order valence-corrected chi connectivity index (χ4v) is 3.88. The Morgan fingerprint density at radius 2 is 1.48 bits per heavy atom. The molecule has 0 spiro atoms. The van der Waals surface area contributed by atoms with Crippen molar-refractivity contribution in [1.29, 1.82) is 0 Å². The lowest BCUT2D eigenvalue weighted by Crippen LogP contribution is -2.32. The van der Waals surface area contributed by atoms with Gasteiger partial charge in [-0.1, -0.05) is 0 Å². The molecule has 0 saturated carbocycles. The number of carbonyl (C=O) groups is 5. The monoisotopic (exact) mass is 398 g/mol. The van der Waals surface area contributed by atoms with Gasteiger partial charge in [-0.15, -0.1) is 5.06 Å². The van der Waals surface area contributed by atoms with E-state index >= 15 is 0 Å². The van der Waals surface area contributed by atoms with Gasteiger partial charge in [-0.2, -0.15) is 0 Å². The van der Waals surface area contributed by atoms with Gasteiger partial charge in [-0.05, 0) is 25.7 Å². The SMILES string of the molecule is O=C(CCCCS(=O)CCCCN1C(=O)C=CC1=O)ON1C(=O)CCC1=O. The smallest absolute Gasteiger partial charge is 0.330 e. The second-order valence-electron chi connectivity index (χ2n) is 6.22. The van der Waals surface area contributed by atoms with Gasteiger partial charge in [0.15, 0.2) is 0 Å². The van der Waals surface area contributed by atoms with Gasteiger partial charge >= 0.3 is 5.97 Å². The third-order valence-corrected chi connectivity index (χ3v) is 5.59. The Morgan fingerprint density at radius 3 is 2.07 bits per heavy atom. The minimum Gasteiger partial charge on any atom is -0.330 e. The molecule has 0 aromatic carbocycles. The molecule has 2 heterocycles. The zero-order chi connectivity index (χ0) is 19.8. The summed E-state index contributed by atoms with van der Waals surface area (Å²) in [6.07, 6.45) is 4.85. The molecule has 0 bridgehead atoms. The van der Waals surface area contributed by atoms with Crippen LogP contribution in [0.5, 0.6) is 0 Å². The zero-order valence-corrected chi connectivity index (χ0v) is 15.7. The molecule has 27 heavy (non-hydrogen) atoms. The second-order valence-corrected chi connectivity index (χ2v) is 7.92. The van der Waals surface area contributed by atoms with Crippen LogP contribution < -0.4 is 0 Å². The number of amides is 4. The third-order valence-electron chi connectivity index (χ3n) is 4.11. The molecule has 148 valence electrons. The molecule has 0 radical (unpaired) electrons. The molecule has 2 aliphatic heterocycles. The predicted molar refractivity (Wildman–Crippen MR) is 94.0 cm³/mol. The van der Waals surface area contributed by atoms with Gasteiger partial charge in [-0.3, -0.25) is 28.3 Å². The first-order valence-corrected chi connectivity index (χ1v) is 10.3. The quantitative estimate of drug-likeness (QED) is 0.361. The highest BCUT2D eigenvalue weighted by Gasteiger charge is 2.32. The Balaban J connectivity index is 1.50. The van der Waals surface area contributed by atoms with E-state index in [1.54, 1.807) is 0 Å². The van der Waals surface area contributed by atoms with Crippen LogP contribution in [0.4, 0.5) is 0 Å². The minimum absolute atomic E-state index is 0.0421. The van der Waals surface area contributed by atoms with E-state index in [2.05, 4.69) is 0 Å². The Hall–Kier alpha value is -2.36. The Morgan fingerprint density at radius 1 is 0.926 bits per heavy atom. The van der Waals surface area contributed by atoms with Crippen LogP contribution >= 0.6 is 0 Å². The van der Waals surface area contributed by atoms with Crippen molar-refractivity contribution in [2.45, 2.75) is 44.9 Å². The molecule has 0 aliphatic carbocycles. The van der Waals surface area contributed by atoms with E-state index < -0.39 is 28.6 Å². The summed E-state index contributed by atoms with van der Waals surface area (Å²) in [4.78, 5) is 62.9. The number of hydroxylamine groups is 2. The summed E-state index contributed by atoms with van der Waals surface area (Å²) in [5.74, 6) is -1.41. The molecule has 0 N–H and O–H groups in total. The normalized spacial score (nSPS) is 17.9. The first-order chi connectivity index (χ1) is 12.9. The van der Waals surface area contributed by atoms with Gasteiger partial charge in [0.05, 0.1) is 0 Å². The lowest BCUT2D eigenvalue weighted by molar-refractivity contribution is -0.197. The Kier molecular flexibility index (Phi) is 7.83. The van der Waals surface area contributed by atoms with E-state index in [1.165, 1.54) is 12.2 Å². The average molecular weight is 398 g/mol. The molecule has 0 aromatic heterocycles. The highest BCUT2D eigenvalue weighted by atomic mass is 32.2. The first kappa shape index (κ1) is 20.9. The summed E-state index contributed by atoms with van der Waals surface area (Å²) in [6, 6.07) is 0. The lowest BCUT2D eigenvalue weighted by atomic mass is 10.2. The van der Waals surface area contributed by atoms with Crippen LogP contribution in [-0.2, 0) is 39.6 Å². The number of hydrogen-bond donors (Lipinski definition) is 0. The van der Waals surface area contributed by atoms with Crippen LogP contribution in [-0.4, -0.2) is 61.8 Å². The fourth-order valence-electron chi connectivity index (χ4n) is 2.62. The van der Waals surface area contributed by atoms with Crippen molar-refractivity contribution in [1.82, 2.24) is 9.96 Å². The molecule has 1 atom stereocenters. The number of unbranched alkanes of at least 4 members (excludes halogenated alkanes) is 2. The van der Waals surface area contributed by atoms with Crippen LogP contribution in [0.2, 0.25) is 0 Å². The molecule has 2 rings (SSSR count). The molecule has 2 aliphatic rings. The van der Waals surface area contributed by atoms with Gasteiger partial charge in [0.1, 0.15) is 0 Å². The summed E-state index contributed by atoms with van der Waals surface area (Å²) in [5, 5.41) is 0.520. The molecular weight excluding hydrogens is 376 g/mol. The molecular formula is C17H22N2O7S. The predicted octanol–water partition coefficient (Wildman–Crippen LogP) is 0.218. The maximum atomic E-state index is 11.9. The van der Waals surface area contributed by atoms with Gasteiger partial charge in [0.2, 0.25) is 0 Å². The summed E-state index contributed by atoms with van der Waals surface area (Å²) in [7, 11) is -1.05. The molecule has 1 unspecified atom stereocenters. The highest BCUT2D eigenvalue weighted by Crippen LogP contribution is 2.13. The van der Waals surface area contributed by atoms with Crippen LogP contribution in [0.1, 0.15) is 44.9 Å². The van der Waals surface area contributed by atoms with Crippen molar-refractivity contribution in [3.8, 4) is 0 Å². The minimum atomic E-state index is -1.05. The van der Waals surface area contributed by atoms with Gasteiger partial charge in [0.25, 0.3) is 23.6 Å². The standard InChI is InChI=1S/C17H22N2O7S/c20-13-6-7-14(21)18(13)10-2-4-12-27(25)11-3-1-5-17(24)26-19-15(22)8-9-16(19)23/h6-7H,1-5,8-12H2. The topological polar surface area (TPSA) is 118 Å². The molecule has 10 heteroatoms. The number of rotatable bonds is 11. The zero-order valence-electron chi connectivity index (χ0n) is 14.9. The van der Waals surface area contributed by atoms with E-state index in [1.807, 2.05) is 0 Å². The van der Waals surface area contributed by atoms with E-state index in [9.17, 15) is 28.2 Å². The molecule has 1 saturated heterocycles. The van der Waals surface area contributed by atoms with Crippen molar-refractivity contribution in [2.75, 3.05) is 18.1 Å². The van der Waals surface area contributed by atoms with E-state index in [-0.39, 0.29) is 31.1 Å². The molecule has 1 fully saturated rings. The van der Waals surface area contributed by atoms with Crippen molar-refractivity contribution in [2.24, 2.45) is 0 Å². The number of imide groups is 2. The maximum Gasteiger partial charge on any atom is 0.333 e. The number of nitrogens with zero attached hydrogens (tertiary/aromatic N) is 2. The van der Waals surface area contributed by atoms with Crippen molar-refractivity contribution in [3.05, 3.63) is 12.2 Å². The summed E-state index contributed by atoms with van der Waals surface area (Å²) >= 11 is 0. The largest absolute Gasteiger partial charge is 0.333 e. The third kappa shape index (κ3) is 6.38. The highest BCUT2D eigenvalue weighted by molar-refractivity contribution is 7.84. The van der Waals surface area contributed by atoms with Crippen LogP contribution in [0, 0.1) is 0 Å². The van der Waals surface area contributed by atoms with Crippen LogP contribution in [0.25, 0.3) is 0 Å².